The summed E-state index contributed by atoms with van der Waals surface area (Å²) in [6.07, 6.45) is -0.187. The van der Waals surface area contributed by atoms with Crippen LogP contribution in [0.3, 0.4) is 0 Å². The summed E-state index contributed by atoms with van der Waals surface area (Å²) in [4.78, 5) is 11.2. The van der Waals surface area contributed by atoms with Crippen LogP contribution in [0.25, 0.3) is 10.9 Å². The maximum absolute atomic E-state index is 13.8. The van der Waals surface area contributed by atoms with E-state index in [2.05, 4.69) is 0 Å². The number of aromatic nitrogens is 1. The second kappa shape index (κ2) is 6.16. The molecule has 0 amide bonds. The zero-order chi connectivity index (χ0) is 17.4. The molecule has 2 heterocycles. The van der Waals surface area contributed by atoms with Gasteiger partial charge >= 0.3 is 5.97 Å². The van der Waals surface area contributed by atoms with Crippen LogP contribution in [0.4, 0.5) is 4.39 Å². The fourth-order valence-corrected chi connectivity index (χ4v) is 3.58. The molecule has 0 aliphatic carbocycles. The van der Waals surface area contributed by atoms with E-state index in [4.69, 9.17) is 9.84 Å². The number of halogens is 1. The number of carbonyl (C=O) groups is 1. The van der Waals surface area contributed by atoms with Crippen LogP contribution in [0.15, 0.2) is 23.6 Å². The van der Waals surface area contributed by atoms with Gasteiger partial charge in [-0.15, -0.1) is 11.3 Å². The lowest BCUT2D eigenvalue weighted by Crippen LogP contribution is -2.04. The number of ether oxygens (including phenoxy) is 1. The van der Waals surface area contributed by atoms with Gasteiger partial charge in [-0.2, -0.15) is 0 Å². The van der Waals surface area contributed by atoms with Crippen LogP contribution >= 0.6 is 11.3 Å². The van der Waals surface area contributed by atoms with Gasteiger partial charge in [0, 0.05) is 23.7 Å². The number of nitrogens with zero attached hydrogens (tertiary/aromatic N) is 1. The van der Waals surface area contributed by atoms with Crippen molar-refractivity contribution in [1.29, 1.82) is 0 Å². The zero-order valence-electron chi connectivity index (χ0n) is 13.2. The molecule has 0 saturated carbocycles. The third-order valence-corrected chi connectivity index (χ3v) is 4.96. The Morgan fingerprint density at radius 3 is 2.75 bits per heavy atom. The van der Waals surface area contributed by atoms with Gasteiger partial charge in [-0.3, -0.25) is 4.79 Å². The standard InChI is InChI=1S/C17H16FNO4S/c1-9-11(5-16(21)22)12-4-15(20)13(18)6-14(12)19(9)7-10-3-17(23-2)24-8-10/h3-4,6,8,20H,5,7H2,1-2H3,(H,21,22). The summed E-state index contributed by atoms with van der Waals surface area (Å²) in [5.41, 5.74) is 2.86. The fraction of sp³-hybridized carbons (Fsp3) is 0.235. The summed E-state index contributed by atoms with van der Waals surface area (Å²) < 4.78 is 20.9. The Bertz CT molecular complexity index is 928. The highest BCUT2D eigenvalue weighted by molar-refractivity contribution is 7.12. The lowest BCUT2D eigenvalue weighted by Gasteiger charge is -2.07. The van der Waals surface area contributed by atoms with E-state index in [0.29, 0.717) is 23.0 Å². The van der Waals surface area contributed by atoms with Gasteiger partial charge in [-0.25, -0.2) is 4.39 Å². The van der Waals surface area contributed by atoms with Crippen molar-refractivity contribution in [1.82, 2.24) is 4.57 Å². The van der Waals surface area contributed by atoms with Crippen molar-refractivity contribution in [3.63, 3.8) is 0 Å². The van der Waals surface area contributed by atoms with E-state index >= 15 is 0 Å². The van der Waals surface area contributed by atoms with E-state index in [-0.39, 0.29) is 6.42 Å². The van der Waals surface area contributed by atoms with Crippen LogP contribution < -0.4 is 4.74 Å². The molecular weight excluding hydrogens is 333 g/mol. The van der Waals surface area contributed by atoms with E-state index in [9.17, 15) is 14.3 Å². The molecule has 1 aromatic carbocycles. The third kappa shape index (κ3) is 2.82. The van der Waals surface area contributed by atoms with Crippen molar-refractivity contribution < 1.29 is 24.1 Å². The highest BCUT2D eigenvalue weighted by Crippen LogP contribution is 2.33. The van der Waals surface area contributed by atoms with Crippen molar-refractivity contribution in [3.05, 3.63) is 46.2 Å². The van der Waals surface area contributed by atoms with Gasteiger partial charge in [0.2, 0.25) is 0 Å². The minimum absolute atomic E-state index is 0.187. The van der Waals surface area contributed by atoms with E-state index in [1.54, 1.807) is 14.0 Å². The number of phenols is 1. The summed E-state index contributed by atoms with van der Waals surface area (Å²) in [5, 5.41) is 22.1. The van der Waals surface area contributed by atoms with Gasteiger partial charge in [-0.1, -0.05) is 0 Å². The molecule has 0 spiro atoms. The van der Waals surface area contributed by atoms with E-state index in [0.717, 1.165) is 16.3 Å². The van der Waals surface area contributed by atoms with Gasteiger partial charge in [0.1, 0.15) is 0 Å². The number of thiophene rings is 1. The number of benzene rings is 1. The number of aliphatic carboxylic acids is 1. The molecule has 0 radical (unpaired) electrons. The first-order chi connectivity index (χ1) is 11.4. The zero-order valence-corrected chi connectivity index (χ0v) is 14.0. The van der Waals surface area contributed by atoms with Gasteiger partial charge in [0.05, 0.1) is 19.0 Å². The molecule has 3 rings (SSSR count). The number of carboxylic acid groups (broad SMARTS) is 1. The van der Waals surface area contributed by atoms with Gasteiger partial charge in [0.25, 0.3) is 0 Å². The summed E-state index contributed by atoms with van der Waals surface area (Å²) in [6, 6.07) is 4.43. The predicted molar refractivity (Wildman–Crippen MR) is 89.6 cm³/mol. The molecule has 0 unspecified atom stereocenters. The van der Waals surface area contributed by atoms with Crippen LogP contribution in [0, 0.1) is 12.7 Å². The fourth-order valence-electron chi connectivity index (χ4n) is 2.86. The quantitative estimate of drug-likeness (QED) is 0.739. The maximum Gasteiger partial charge on any atom is 0.307 e. The lowest BCUT2D eigenvalue weighted by molar-refractivity contribution is -0.136. The normalized spacial score (nSPS) is 11.1. The van der Waals surface area contributed by atoms with E-state index < -0.39 is 17.5 Å². The number of phenolic OH excluding ortho intramolecular Hbond substituents is 1. The van der Waals surface area contributed by atoms with E-state index in [1.165, 1.54) is 23.5 Å². The van der Waals surface area contributed by atoms with Crippen molar-refractivity contribution in [2.45, 2.75) is 19.9 Å². The molecule has 0 bridgehead atoms. The monoisotopic (exact) mass is 349 g/mol. The first-order valence-electron chi connectivity index (χ1n) is 7.24. The average Bonchev–Trinajstić information content (AvgIpc) is 3.07. The molecule has 0 saturated heterocycles. The third-order valence-electron chi connectivity index (χ3n) is 4.02. The van der Waals surface area contributed by atoms with Gasteiger partial charge < -0.3 is 19.5 Å². The number of methoxy groups -OCH3 is 1. The van der Waals surface area contributed by atoms with Crippen molar-refractivity contribution in [3.8, 4) is 10.8 Å². The number of fused-ring (bicyclic) bond motifs is 1. The molecule has 0 fully saturated rings. The molecule has 5 nitrogen and oxygen atoms in total. The van der Waals surface area contributed by atoms with Crippen LogP contribution in [-0.2, 0) is 17.8 Å². The minimum atomic E-state index is -0.974. The molecule has 0 aliphatic rings. The summed E-state index contributed by atoms with van der Waals surface area (Å²) >= 11 is 1.46. The first kappa shape index (κ1) is 16.3. The SMILES string of the molecule is COc1cc(Cn2c(C)c(CC(=O)O)c3cc(O)c(F)cc32)cs1. The Hall–Kier alpha value is -2.54. The molecule has 2 N–H and O–H groups in total. The molecule has 7 heteroatoms. The highest BCUT2D eigenvalue weighted by Gasteiger charge is 2.19. The van der Waals surface area contributed by atoms with Crippen LogP contribution in [-0.4, -0.2) is 27.9 Å². The van der Waals surface area contributed by atoms with Gasteiger partial charge in [-0.05, 0) is 35.6 Å². The van der Waals surface area contributed by atoms with Crippen molar-refractivity contribution in [2.75, 3.05) is 7.11 Å². The molecule has 0 atom stereocenters. The molecule has 126 valence electrons. The second-order valence-electron chi connectivity index (χ2n) is 5.52. The Labute approximate surface area is 141 Å². The molecule has 24 heavy (non-hydrogen) atoms. The Kier molecular flexibility index (Phi) is 4.19. The maximum atomic E-state index is 13.8. The Balaban J connectivity index is 2.16. The minimum Gasteiger partial charge on any atom is -0.505 e. The second-order valence-corrected chi connectivity index (χ2v) is 6.39. The van der Waals surface area contributed by atoms with Crippen LogP contribution in [0.5, 0.6) is 10.8 Å². The summed E-state index contributed by atoms with van der Waals surface area (Å²) in [6.45, 7) is 2.27. The highest BCUT2D eigenvalue weighted by atomic mass is 32.1. The lowest BCUT2D eigenvalue weighted by atomic mass is 10.1. The largest absolute Gasteiger partial charge is 0.505 e. The number of hydrogen-bond acceptors (Lipinski definition) is 4. The number of rotatable bonds is 5. The Morgan fingerprint density at radius 2 is 2.12 bits per heavy atom. The molecule has 3 aromatic rings. The predicted octanol–water partition coefficient (Wildman–Crippen LogP) is 3.54. The van der Waals surface area contributed by atoms with Gasteiger partial charge in [0.15, 0.2) is 16.6 Å². The van der Waals surface area contributed by atoms with E-state index in [1.807, 2.05) is 16.0 Å². The summed E-state index contributed by atoms with van der Waals surface area (Å²) in [5.74, 6) is -2.19. The summed E-state index contributed by atoms with van der Waals surface area (Å²) in [7, 11) is 1.59. The molecule has 0 aliphatic heterocycles. The molecular formula is C17H16FNO4S. The van der Waals surface area contributed by atoms with Crippen molar-refractivity contribution in [2.24, 2.45) is 0 Å². The molecule has 2 aromatic heterocycles. The number of hydrogen-bond donors (Lipinski definition) is 2. The van der Waals surface area contributed by atoms with Crippen molar-refractivity contribution >= 4 is 28.2 Å². The number of aromatic hydroxyl groups is 1. The van der Waals surface area contributed by atoms with Crippen LogP contribution in [0.2, 0.25) is 0 Å². The first-order valence-corrected chi connectivity index (χ1v) is 8.12. The van der Waals surface area contributed by atoms with Crippen LogP contribution in [0.1, 0.15) is 16.8 Å². The topological polar surface area (TPSA) is 71.7 Å². The Morgan fingerprint density at radius 1 is 1.38 bits per heavy atom. The smallest absolute Gasteiger partial charge is 0.307 e. The number of carboxylic acids is 1. The average molecular weight is 349 g/mol.